The molecule has 5 heteroatoms. The number of halogens is 1. The Kier molecular flexibility index (Phi) is 4.65. The van der Waals surface area contributed by atoms with Gasteiger partial charge in [0.15, 0.2) is 0 Å². The first kappa shape index (κ1) is 15.0. The van der Waals surface area contributed by atoms with Crippen molar-refractivity contribution in [1.29, 1.82) is 0 Å². The summed E-state index contributed by atoms with van der Waals surface area (Å²) >= 11 is 7.96. The van der Waals surface area contributed by atoms with E-state index in [-0.39, 0.29) is 0 Å². The monoisotopic (exact) mass is 324 g/mol. The average molecular weight is 325 g/mol. The molecule has 1 saturated carbocycles. The molecular formula is C16H21ClN2OS. The molecule has 2 atom stereocenters. The number of nitrogens with zero attached hydrogens (tertiary/aromatic N) is 2. The van der Waals surface area contributed by atoms with Gasteiger partial charge in [-0.05, 0) is 37.7 Å². The first-order valence-electron chi connectivity index (χ1n) is 7.41. The molecule has 21 heavy (non-hydrogen) atoms. The van der Waals surface area contributed by atoms with Crippen molar-refractivity contribution in [2.45, 2.75) is 37.0 Å². The molecule has 1 aliphatic rings. The smallest absolute Gasteiger partial charge is 0.146 e. The van der Waals surface area contributed by atoms with E-state index >= 15 is 0 Å². The Labute approximate surface area is 135 Å². The van der Waals surface area contributed by atoms with Crippen molar-refractivity contribution in [2.75, 3.05) is 19.2 Å². The van der Waals surface area contributed by atoms with E-state index in [4.69, 9.17) is 21.3 Å². The summed E-state index contributed by atoms with van der Waals surface area (Å²) in [5, 5.41) is 0.766. The molecule has 0 N–H and O–H groups in total. The van der Waals surface area contributed by atoms with E-state index in [0.29, 0.717) is 11.9 Å². The van der Waals surface area contributed by atoms with Crippen molar-refractivity contribution in [3.8, 4) is 5.75 Å². The third-order valence-corrected chi connectivity index (χ3v) is 5.63. The van der Waals surface area contributed by atoms with Gasteiger partial charge < -0.3 is 9.30 Å². The predicted octanol–water partition coefficient (Wildman–Crippen LogP) is 4.28. The van der Waals surface area contributed by atoms with Gasteiger partial charge in [-0.15, -0.1) is 11.6 Å². The summed E-state index contributed by atoms with van der Waals surface area (Å²) in [6, 6.07) is 6.71. The van der Waals surface area contributed by atoms with Gasteiger partial charge in [0.1, 0.15) is 17.1 Å². The zero-order valence-corrected chi connectivity index (χ0v) is 14.1. The molecule has 0 spiro atoms. The maximum atomic E-state index is 5.98. The van der Waals surface area contributed by atoms with Gasteiger partial charge >= 0.3 is 0 Å². The van der Waals surface area contributed by atoms with Crippen LogP contribution in [0, 0.1) is 0 Å². The lowest BCUT2D eigenvalue weighted by Crippen LogP contribution is -2.10. The number of rotatable bonds is 5. The summed E-state index contributed by atoms with van der Waals surface area (Å²) in [5.41, 5.74) is 2.15. The number of alkyl halides is 1. The minimum atomic E-state index is 0.540. The molecule has 1 heterocycles. The van der Waals surface area contributed by atoms with Gasteiger partial charge in [-0.1, -0.05) is 6.07 Å². The molecule has 0 radical (unpaired) electrons. The standard InChI is InChI=1S/C16H21ClN2OS/c1-20-14-5-3-4-13-16(14)18-15(8-9-17)19(13)11-6-7-12(10-11)21-2/h3-5,11-12H,6-10H2,1-2H3. The lowest BCUT2D eigenvalue weighted by molar-refractivity contribution is 0.419. The van der Waals surface area contributed by atoms with E-state index in [1.807, 2.05) is 23.9 Å². The van der Waals surface area contributed by atoms with Gasteiger partial charge in [-0.2, -0.15) is 11.8 Å². The highest BCUT2D eigenvalue weighted by atomic mass is 35.5. The van der Waals surface area contributed by atoms with E-state index < -0.39 is 0 Å². The molecule has 114 valence electrons. The highest BCUT2D eigenvalue weighted by Crippen LogP contribution is 2.39. The third-order valence-electron chi connectivity index (χ3n) is 4.35. The Morgan fingerprint density at radius 1 is 1.43 bits per heavy atom. The van der Waals surface area contributed by atoms with Crippen LogP contribution in [0.3, 0.4) is 0 Å². The lowest BCUT2D eigenvalue weighted by atomic mass is 10.2. The van der Waals surface area contributed by atoms with Gasteiger partial charge in [-0.25, -0.2) is 4.98 Å². The van der Waals surface area contributed by atoms with Crippen molar-refractivity contribution >= 4 is 34.4 Å². The average Bonchev–Trinajstić information content (AvgIpc) is 3.10. The Bertz CT molecular complexity index is 628. The molecule has 1 aromatic heterocycles. The van der Waals surface area contributed by atoms with Crippen LogP contribution in [0.5, 0.6) is 5.75 Å². The number of aryl methyl sites for hydroxylation is 1. The van der Waals surface area contributed by atoms with Gasteiger partial charge in [-0.3, -0.25) is 0 Å². The van der Waals surface area contributed by atoms with Crippen LogP contribution in [0.2, 0.25) is 0 Å². The summed E-state index contributed by atoms with van der Waals surface area (Å²) in [6.45, 7) is 0. The van der Waals surface area contributed by atoms with E-state index in [1.54, 1.807) is 7.11 Å². The van der Waals surface area contributed by atoms with Crippen molar-refractivity contribution in [3.63, 3.8) is 0 Å². The number of benzene rings is 1. The number of hydrogen-bond donors (Lipinski definition) is 0. The Morgan fingerprint density at radius 2 is 2.29 bits per heavy atom. The fourth-order valence-electron chi connectivity index (χ4n) is 3.34. The molecule has 1 aliphatic carbocycles. The number of ether oxygens (including phenoxy) is 1. The Balaban J connectivity index is 2.08. The molecule has 3 rings (SSSR count). The van der Waals surface area contributed by atoms with Crippen LogP contribution in [0.15, 0.2) is 18.2 Å². The molecule has 1 aromatic carbocycles. The minimum Gasteiger partial charge on any atom is -0.494 e. The lowest BCUT2D eigenvalue weighted by Gasteiger charge is -2.17. The number of aromatic nitrogens is 2. The Morgan fingerprint density at radius 3 is 2.95 bits per heavy atom. The topological polar surface area (TPSA) is 27.1 Å². The van der Waals surface area contributed by atoms with Crippen LogP contribution in [0.1, 0.15) is 31.1 Å². The number of imidazole rings is 1. The van der Waals surface area contributed by atoms with Crippen LogP contribution in [-0.4, -0.2) is 34.0 Å². The maximum absolute atomic E-state index is 5.98. The predicted molar refractivity (Wildman–Crippen MR) is 90.9 cm³/mol. The van der Waals surface area contributed by atoms with E-state index in [9.17, 15) is 0 Å². The van der Waals surface area contributed by atoms with Crippen molar-refractivity contribution in [1.82, 2.24) is 9.55 Å². The SMILES string of the molecule is COc1cccc2c1nc(CCCl)n2C1CCC(SC)C1. The highest BCUT2D eigenvalue weighted by Gasteiger charge is 2.28. The molecule has 0 saturated heterocycles. The van der Waals surface area contributed by atoms with Crippen LogP contribution < -0.4 is 4.74 Å². The van der Waals surface area contributed by atoms with E-state index in [2.05, 4.69) is 16.9 Å². The van der Waals surface area contributed by atoms with Crippen molar-refractivity contribution < 1.29 is 4.74 Å². The van der Waals surface area contributed by atoms with Gasteiger partial charge in [0, 0.05) is 23.6 Å². The zero-order chi connectivity index (χ0) is 14.8. The van der Waals surface area contributed by atoms with Gasteiger partial charge in [0.05, 0.1) is 12.6 Å². The van der Waals surface area contributed by atoms with Crippen LogP contribution in [0.4, 0.5) is 0 Å². The second kappa shape index (κ2) is 6.49. The molecular weight excluding hydrogens is 304 g/mol. The number of thioether (sulfide) groups is 1. The summed E-state index contributed by atoms with van der Waals surface area (Å²) in [4.78, 5) is 4.82. The fraction of sp³-hybridized carbons (Fsp3) is 0.562. The second-order valence-corrected chi connectivity index (χ2v) is 7.01. The maximum Gasteiger partial charge on any atom is 0.146 e. The quantitative estimate of drug-likeness (QED) is 0.768. The number of para-hydroxylation sites is 1. The summed E-state index contributed by atoms with van der Waals surface area (Å²) in [7, 11) is 1.70. The molecule has 3 nitrogen and oxygen atoms in total. The van der Waals surface area contributed by atoms with Crippen LogP contribution in [0.25, 0.3) is 11.0 Å². The van der Waals surface area contributed by atoms with Gasteiger partial charge in [0.25, 0.3) is 0 Å². The number of fused-ring (bicyclic) bond motifs is 1. The van der Waals surface area contributed by atoms with E-state index in [1.165, 1.54) is 24.8 Å². The normalized spacial score (nSPS) is 22.0. The summed E-state index contributed by atoms with van der Waals surface area (Å²) in [5.74, 6) is 2.54. The molecule has 2 aromatic rings. The van der Waals surface area contributed by atoms with Gasteiger partial charge in [0.2, 0.25) is 0 Å². The summed E-state index contributed by atoms with van der Waals surface area (Å²) in [6.07, 6.45) is 6.75. The number of hydrogen-bond acceptors (Lipinski definition) is 3. The molecule has 2 unspecified atom stereocenters. The van der Waals surface area contributed by atoms with Crippen LogP contribution in [-0.2, 0) is 6.42 Å². The third kappa shape index (κ3) is 2.76. The molecule has 0 aliphatic heterocycles. The molecule has 0 amide bonds. The summed E-state index contributed by atoms with van der Waals surface area (Å²) < 4.78 is 7.88. The molecule has 1 fully saturated rings. The first-order valence-corrected chi connectivity index (χ1v) is 9.23. The fourth-order valence-corrected chi connectivity index (χ4v) is 4.29. The Hall–Kier alpha value is -0.870. The van der Waals surface area contributed by atoms with E-state index in [0.717, 1.165) is 28.8 Å². The second-order valence-electron chi connectivity index (χ2n) is 5.49. The minimum absolute atomic E-state index is 0.540. The highest BCUT2D eigenvalue weighted by molar-refractivity contribution is 7.99. The van der Waals surface area contributed by atoms with Crippen molar-refractivity contribution in [2.24, 2.45) is 0 Å². The zero-order valence-electron chi connectivity index (χ0n) is 12.5. The van der Waals surface area contributed by atoms with Crippen LogP contribution >= 0.6 is 23.4 Å². The largest absolute Gasteiger partial charge is 0.494 e. The first-order chi connectivity index (χ1) is 10.3. The number of methoxy groups -OCH3 is 1. The molecule has 0 bridgehead atoms. The van der Waals surface area contributed by atoms with Crippen molar-refractivity contribution in [3.05, 3.63) is 24.0 Å².